The minimum atomic E-state index is 0.554. The molecule has 0 fully saturated rings. The van der Waals surface area contributed by atoms with Gasteiger partial charge in [0.25, 0.3) is 0 Å². The van der Waals surface area contributed by atoms with Crippen LogP contribution in [0, 0.1) is 0 Å². The molecule has 5 heteroatoms. The Labute approximate surface area is 118 Å². The molecule has 0 bridgehead atoms. The standard InChI is InChI=1S/C13H8Cl2N2S/c14-8-5-4-7(6-10(8)16)13-17-12-9(15)2-1-3-11(12)18-13/h1-6H,16H2. The summed E-state index contributed by atoms with van der Waals surface area (Å²) in [6.07, 6.45) is 0. The molecule has 90 valence electrons. The number of hydrogen-bond acceptors (Lipinski definition) is 3. The van der Waals surface area contributed by atoms with Gasteiger partial charge in [-0.1, -0.05) is 35.3 Å². The Balaban J connectivity index is 2.19. The van der Waals surface area contributed by atoms with Crippen molar-refractivity contribution >= 4 is 50.4 Å². The Bertz CT molecular complexity index is 737. The van der Waals surface area contributed by atoms with Gasteiger partial charge in [-0.3, -0.25) is 0 Å². The van der Waals surface area contributed by atoms with E-state index in [0.717, 1.165) is 20.8 Å². The normalized spacial score (nSPS) is 11.0. The van der Waals surface area contributed by atoms with E-state index in [4.69, 9.17) is 28.9 Å². The van der Waals surface area contributed by atoms with Crippen LogP contribution in [-0.4, -0.2) is 4.98 Å². The van der Waals surface area contributed by atoms with Gasteiger partial charge < -0.3 is 5.73 Å². The number of nitrogen functional groups attached to an aromatic ring is 1. The zero-order valence-corrected chi connectivity index (χ0v) is 11.5. The molecule has 3 rings (SSSR count). The van der Waals surface area contributed by atoms with E-state index < -0.39 is 0 Å². The number of para-hydroxylation sites is 1. The largest absolute Gasteiger partial charge is 0.398 e. The summed E-state index contributed by atoms with van der Waals surface area (Å²) in [5.41, 5.74) is 8.14. The average Bonchev–Trinajstić information content (AvgIpc) is 2.78. The first-order valence-electron chi connectivity index (χ1n) is 5.25. The number of aromatic nitrogens is 1. The summed E-state index contributed by atoms with van der Waals surface area (Å²) in [4.78, 5) is 4.54. The van der Waals surface area contributed by atoms with Crippen molar-refractivity contribution in [2.45, 2.75) is 0 Å². The van der Waals surface area contributed by atoms with Crippen LogP contribution in [0.5, 0.6) is 0 Å². The minimum absolute atomic E-state index is 0.554. The van der Waals surface area contributed by atoms with Crippen molar-refractivity contribution in [2.24, 2.45) is 0 Å². The molecule has 0 unspecified atom stereocenters. The van der Waals surface area contributed by atoms with E-state index in [9.17, 15) is 0 Å². The molecule has 2 nitrogen and oxygen atoms in total. The fourth-order valence-corrected chi connectivity index (χ4v) is 3.09. The van der Waals surface area contributed by atoms with Crippen molar-refractivity contribution in [1.29, 1.82) is 0 Å². The van der Waals surface area contributed by atoms with Gasteiger partial charge in [0.05, 0.1) is 20.4 Å². The van der Waals surface area contributed by atoms with E-state index in [0.29, 0.717) is 15.7 Å². The highest BCUT2D eigenvalue weighted by Crippen LogP contribution is 2.35. The molecule has 0 radical (unpaired) electrons. The highest BCUT2D eigenvalue weighted by atomic mass is 35.5. The number of halogens is 2. The fraction of sp³-hybridized carbons (Fsp3) is 0. The molecule has 0 saturated carbocycles. The van der Waals surface area contributed by atoms with Gasteiger partial charge in [0.2, 0.25) is 0 Å². The number of rotatable bonds is 1. The van der Waals surface area contributed by atoms with Crippen molar-refractivity contribution < 1.29 is 0 Å². The van der Waals surface area contributed by atoms with Gasteiger partial charge in [-0.2, -0.15) is 0 Å². The third-order valence-electron chi connectivity index (χ3n) is 2.61. The topological polar surface area (TPSA) is 38.9 Å². The van der Waals surface area contributed by atoms with Gasteiger partial charge in [-0.15, -0.1) is 11.3 Å². The van der Waals surface area contributed by atoms with Crippen LogP contribution in [-0.2, 0) is 0 Å². The number of thiazole rings is 1. The van der Waals surface area contributed by atoms with Gasteiger partial charge >= 0.3 is 0 Å². The molecular weight excluding hydrogens is 287 g/mol. The Morgan fingerprint density at radius 2 is 1.89 bits per heavy atom. The highest BCUT2D eigenvalue weighted by molar-refractivity contribution is 7.21. The van der Waals surface area contributed by atoms with E-state index in [-0.39, 0.29) is 0 Å². The predicted octanol–water partition coefficient (Wildman–Crippen LogP) is 4.85. The van der Waals surface area contributed by atoms with Gasteiger partial charge in [0.1, 0.15) is 10.5 Å². The molecule has 3 aromatic rings. The number of nitrogens with zero attached hydrogens (tertiary/aromatic N) is 1. The number of nitrogens with two attached hydrogens (primary N) is 1. The number of benzene rings is 2. The molecule has 0 atom stereocenters. The average molecular weight is 295 g/mol. The van der Waals surface area contributed by atoms with Crippen molar-refractivity contribution in [3.63, 3.8) is 0 Å². The summed E-state index contributed by atoms with van der Waals surface area (Å²) in [7, 11) is 0. The van der Waals surface area contributed by atoms with Crippen LogP contribution in [0.4, 0.5) is 5.69 Å². The maximum atomic E-state index is 6.11. The third-order valence-corrected chi connectivity index (χ3v) is 4.33. The first-order chi connectivity index (χ1) is 8.65. The Morgan fingerprint density at radius 1 is 1.06 bits per heavy atom. The van der Waals surface area contributed by atoms with Crippen LogP contribution in [0.3, 0.4) is 0 Å². The van der Waals surface area contributed by atoms with Crippen LogP contribution in [0.15, 0.2) is 36.4 Å². The van der Waals surface area contributed by atoms with E-state index in [1.807, 2.05) is 30.3 Å². The Hall–Kier alpha value is -1.29. The maximum absolute atomic E-state index is 6.11. The molecule has 0 saturated heterocycles. The van der Waals surface area contributed by atoms with Gasteiger partial charge in [-0.05, 0) is 24.3 Å². The molecular formula is C13H8Cl2N2S. The minimum Gasteiger partial charge on any atom is -0.398 e. The van der Waals surface area contributed by atoms with E-state index in [1.165, 1.54) is 0 Å². The van der Waals surface area contributed by atoms with Crippen molar-refractivity contribution in [1.82, 2.24) is 4.98 Å². The molecule has 0 spiro atoms. The van der Waals surface area contributed by atoms with Crippen molar-refractivity contribution in [3.05, 3.63) is 46.4 Å². The van der Waals surface area contributed by atoms with E-state index in [2.05, 4.69) is 4.98 Å². The number of anilines is 1. The Kier molecular flexibility index (Phi) is 2.90. The highest BCUT2D eigenvalue weighted by Gasteiger charge is 2.09. The number of hydrogen-bond donors (Lipinski definition) is 1. The lowest BCUT2D eigenvalue weighted by atomic mass is 10.2. The van der Waals surface area contributed by atoms with Crippen LogP contribution in [0.1, 0.15) is 0 Å². The van der Waals surface area contributed by atoms with Crippen LogP contribution in [0.25, 0.3) is 20.8 Å². The van der Waals surface area contributed by atoms with Crippen LogP contribution in [0.2, 0.25) is 10.0 Å². The summed E-state index contributed by atoms with van der Waals surface area (Å²) in [5, 5.41) is 2.11. The molecule has 0 aliphatic rings. The van der Waals surface area contributed by atoms with Crippen molar-refractivity contribution in [3.8, 4) is 10.6 Å². The predicted molar refractivity (Wildman–Crippen MR) is 79.5 cm³/mol. The SMILES string of the molecule is Nc1cc(-c2nc3c(Cl)cccc3s2)ccc1Cl. The number of fused-ring (bicyclic) bond motifs is 1. The second-order valence-corrected chi connectivity index (χ2v) is 5.69. The first-order valence-corrected chi connectivity index (χ1v) is 6.83. The van der Waals surface area contributed by atoms with Gasteiger partial charge in [-0.25, -0.2) is 4.98 Å². The van der Waals surface area contributed by atoms with E-state index >= 15 is 0 Å². The monoisotopic (exact) mass is 294 g/mol. The summed E-state index contributed by atoms with van der Waals surface area (Å²) in [5.74, 6) is 0. The lowest BCUT2D eigenvalue weighted by Gasteiger charge is -2.00. The Morgan fingerprint density at radius 3 is 2.61 bits per heavy atom. The maximum Gasteiger partial charge on any atom is 0.124 e. The molecule has 1 aromatic heterocycles. The summed E-state index contributed by atoms with van der Waals surface area (Å²) < 4.78 is 1.06. The summed E-state index contributed by atoms with van der Waals surface area (Å²) in [6.45, 7) is 0. The third kappa shape index (κ3) is 1.94. The summed E-state index contributed by atoms with van der Waals surface area (Å²) in [6, 6.07) is 11.3. The quantitative estimate of drug-likeness (QED) is 0.652. The molecule has 2 aromatic carbocycles. The smallest absolute Gasteiger partial charge is 0.124 e. The lowest BCUT2D eigenvalue weighted by molar-refractivity contribution is 1.48. The second kappa shape index (κ2) is 4.43. The summed E-state index contributed by atoms with van der Waals surface area (Å²) >= 11 is 13.6. The zero-order chi connectivity index (χ0) is 12.7. The molecule has 0 amide bonds. The van der Waals surface area contributed by atoms with Crippen LogP contribution >= 0.6 is 34.5 Å². The fourth-order valence-electron chi connectivity index (χ4n) is 1.72. The van der Waals surface area contributed by atoms with Crippen LogP contribution < -0.4 is 5.73 Å². The molecule has 0 aliphatic heterocycles. The first kappa shape index (κ1) is 11.8. The van der Waals surface area contributed by atoms with Crippen molar-refractivity contribution in [2.75, 3.05) is 5.73 Å². The molecule has 2 N–H and O–H groups in total. The molecule has 1 heterocycles. The molecule has 0 aliphatic carbocycles. The zero-order valence-electron chi connectivity index (χ0n) is 9.15. The van der Waals surface area contributed by atoms with E-state index in [1.54, 1.807) is 17.4 Å². The van der Waals surface area contributed by atoms with Gasteiger partial charge in [0.15, 0.2) is 0 Å². The second-order valence-electron chi connectivity index (χ2n) is 3.84. The lowest BCUT2D eigenvalue weighted by Crippen LogP contribution is -1.86. The molecule has 18 heavy (non-hydrogen) atoms. The van der Waals surface area contributed by atoms with Gasteiger partial charge in [0, 0.05) is 5.56 Å².